The molecule has 0 aliphatic carbocycles. The predicted octanol–water partition coefficient (Wildman–Crippen LogP) is -0.288. The molecule has 0 rings (SSSR count). The number of nitrogens with two attached hydrogens (primary N) is 1. The van der Waals surface area contributed by atoms with Crippen LogP contribution in [-0.4, -0.2) is 35.7 Å². The molecule has 0 unspecified atom stereocenters. The van der Waals surface area contributed by atoms with Crippen LogP contribution in [0.2, 0.25) is 0 Å². The van der Waals surface area contributed by atoms with Crippen molar-refractivity contribution in [3.05, 3.63) is 0 Å². The van der Waals surface area contributed by atoms with E-state index in [1.807, 2.05) is 13.8 Å². The fourth-order valence-corrected chi connectivity index (χ4v) is 1.54. The molecule has 2 amide bonds. The summed E-state index contributed by atoms with van der Waals surface area (Å²) in [6, 6.07) is -0.867. The van der Waals surface area contributed by atoms with Gasteiger partial charge in [-0.3, -0.25) is 14.4 Å². The molecule has 0 aromatic heterocycles. The van der Waals surface area contributed by atoms with Gasteiger partial charge in [-0.05, 0) is 20.3 Å². The molecule has 6 heteroatoms. The molecule has 6 nitrogen and oxygen atoms in total. The number of carbonyl (C=O) groups is 3. The van der Waals surface area contributed by atoms with Crippen molar-refractivity contribution in [1.82, 2.24) is 10.6 Å². The number of primary amides is 1. The normalized spacial score (nSPS) is 14.1. The highest BCUT2D eigenvalue weighted by atomic mass is 16.2. The molecule has 0 aromatic rings. The minimum atomic E-state index is -0.651. The van der Waals surface area contributed by atoms with Gasteiger partial charge in [0.25, 0.3) is 0 Å². The van der Waals surface area contributed by atoms with Crippen LogP contribution in [0.1, 0.15) is 40.5 Å². The van der Waals surface area contributed by atoms with E-state index in [-0.39, 0.29) is 36.6 Å². The van der Waals surface area contributed by atoms with Crippen molar-refractivity contribution >= 4 is 17.6 Å². The van der Waals surface area contributed by atoms with Crippen molar-refractivity contribution in [1.29, 1.82) is 0 Å². The topological polar surface area (TPSA) is 101 Å². The molecule has 0 aliphatic heterocycles. The van der Waals surface area contributed by atoms with Crippen LogP contribution in [-0.2, 0) is 14.4 Å². The van der Waals surface area contributed by atoms with Gasteiger partial charge in [0.05, 0.1) is 12.1 Å². The van der Waals surface area contributed by atoms with Gasteiger partial charge in [-0.25, -0.2) is 0 Å². The summed E-state index contributed by atoms with van der Waals surface area (Å²) in [5.41, 5.74) is 5.02. The van der Waals surface area contributed by atoms with Crippen molar-refractivity contribution < 1.29 is 14.4 Å². The summed E-state index contributed by atoms with van der Waals surface area (Å²) in [5.74, 6) is -0.918. The number of nitrogens with one attached hydrogen (secondary N) is 2. The van der Waals surface area contributed by atoms with Gasteiger partial charge in [0.1, 0.15) is 0 Å². The average molecular weight is 257 g/mol. The van der Waals surface area contributed by atoms with Crippen LogP contribution in [0.3, 0.4) is 0 Å². The molecule has 0 spiro atoms. The number of carbonyl (C=O) groups excluding carboxylic acids is 3. The Balaban J connectivity index is 4.35. The molecule has 0 aliphatic rings. The summed E-state index contributed by atoms with van der Waals surface area (Å²) in [4.78, 5) is 33.8. The first-order valence-corrected chi connectivity index (χ1v) is 6.09. The minimum absolute atomic E-state index is 0.0799. The zero-order valence-electron chi connectivity index (χ0n) is 11.4. The SMILES string of the molecule is CC(=O)[C@H](CCC(N)=O)NC(=O)[C@H](C)NC(C)C. The molecule has 0 radical (unpaired) electrons. The van der Waals surface area contributed by atoms with E-state index in [0.29, 0.717) is 0 Å². The van der Waals surface area contributed by atoms with E-state index in [2.05, 4.69) is 10.6 Å². The maximum Gasteiger partial charge on any atom is 0.237 e. The first-order valence-electron chi connectivity index (χ1n) is 6.09. The zero-order chi connectivity index (χ0) is 14.3. The van der Waals surface area contributed by atoms with Gasteiger partial charge >= 0.3 is 0 Å². The molecular weight excluding hydrogens is 234 g/mol. The molecule has 0 fully saturated rings. The molecule has 104 valence electrons. The van der Waals surface area contributed by atoms with Crippen LogP contribution in [0.25, 0.3) is 0 Å². The minimum Gasteiger partial charge on any atom is -0.370 e. The van der Waals surface area contributed by atoms with E-state index < -0.39 is 11.9 Å². The Bertz CT molecular complexity index is 316. The molecule has 0 aromatic carbocycles. The fourth-order valence-electron chi connectivity index (χ4n) is 1.54. The van der Waals surface area contributed by atoms with Gasteiger partial charge < -0.3 is 16.4 Å². The molecule has 0 heterocycles. The number of hydrogen-bond acceptors (Lipinski definition) is 4. The van der Waals surface area contributed by atoms with Crippen molar-refractivity contribution in [3.8, 4) is 0 Å². The smallest absolute Gasteiger partial charge is 0.237 e. The lowest BCUT2D eigenvalue weighted by Gasteiger charge is -2.20. The van der Waals surface area contributed by atoms with Crippen LogP contribution in [0.5, 0.6) is 0 Å². The van der Waals surface area contributed by atoms with Crippen LogP contribution < -0.4 is 16.4 Å². The second-order valence-electron chi connectivity index (χ2n) is 4.72. The predicted molar refractivity (Wildman–Crippen MR) is 68.8 cm³/mol. The van der Waals surface area contributed by atoms with Crippen molar-refractivity contribution in [3.63, 3.8) is 0 Å². The van der Waals surface area contributed by atoms with Crippen molar-refractivity contribution in [2.75, 3.05) is 0 Å². The van der Waals surface area contributed by atoms with E-state index >= 15 is 0 Å². The van der Waals surface area contributed by atoms with E-state index in [1.165, 1.54) is 6.92 Å². The van der Waals surface area contributed by atoms with Crippen molar-refractivity contribution in [2.24, 2.45) is 5.73 Å². The van der Waals surface area contributed by atoms with Gasteiger partial charge in [0.15, 0.2) is 5.78 Å². The second kappa shape index (κ2) is 7.81. The van der Waals surface area contributed by atoms with Gasteiger partial charge in [0, 0.05) is 12.5 Å². The van der Waals surface area contributed by atoms with E-state index in [0.717, 1.165) is 0 Å². The van der Waals surface area contributed by atoms with Gasteiger partial charge in [0.2, 0.25) is 11.8 Å². The third-order valence-electron chi connectivity index (χ3n) is 2.46. The van der Waals surface area contributed by atoms with E-state index in [4.69, 9.17) is 5.73 Å². The summed E-state index contributed by atoms with van der Waals surface area (Å²) in [7, 11) is 0. The van der Waals surface area contributed by atoms with Gasteiger partial charge in [-0.1, -0.05) is 13.8 Å². The largest absolute Gasteiger partial charge is 0.370 e. The Labute approximate surface area is 108 Å². The maximum absolute atomic E-state index is 11.8. The van der Waals surface area contributed by atoms with E-state index in [1.54, 1.807) is 6.92 Å². The quantitative estimate of drug-likeness (QED) is 0.556. The number of ketones is 1. The standard InChI is InChI=1S/C12H23N3O3/c1-7(2)14-8(3)12(18)15-10(9(4)16)5-6-11(13)17/h7-8,10,14H,5-6H2,1-4H3,(H2,13,17)(H,15,18)/t8-,10-/m0/s1. The Morgan fingerprint density at radius 1 is 1.17 bits per heavy atom. The lowest BCUT2D eigenvalue weighted by Crippen LogP contribution is -2.50. The Morgan fingerprint density at radius 2 is 1.72 bits per heavy atom. The Kier molecular flexibility index (Phi) is 7.19. The monoisotopic (exact) mass is 257 g/mol. The second-order valence-corrected chi connectivity index (χ2v) is 4.72. The third kappa shape index (κ3) is 7.01. The summed E-state index contributed by atoms with van der Waals surface area (Å²) >= 11 is 0. The molecule has 0 saturated carbocycles. The van der Waals surface area contributed by atoms with Gasteiger partial charge in [-0.15, -0.1) is 0 Å². The highest BCUT2D eigenvalue weighted by molar-refractivity contribution is 5.89. The Morgan fingerprint density at radius 3 is 2.11 bits per heavy atom. The van der Waals surface area contributed by atoms with E-state index in [9.17, 15) is 14.4 Å². The van der Waals surface area contributed by atoms with Gasteiger partial charge in [-0.2, -0.15) is 0 Å². The first kappa shape index (κ1) is 16.6. The number of amides is 2. The lowest BCUT2D eigenvalue weighted by molar-refractivity contribution is -0.128. The third-order valence-corrected chi connectivity index (χ3v) is 2.46. The molecular formula is C12H23N3O3. The molecule has 4 N–H and O–H groups in total. The lowest BCUT2D eigenvalue weighted by atomic mass is 10.1. The summed E-state index contributed by atoms with van der Waals surface area (Å²) in [6.07, 6.45) is 0.321. The van der Waals surface area contributed by atoms with Crippen LogP contribution >= 0.6 is 0 Å². The summed E-state index contributed by atoms with van der Waals surface area (Å²) in [6.45, 7) is 6.96. The number of Topliss-reactive ketones (excluding diaryl/α,β-unsaturated/α-hetero) is 1. The zero-order valence-corrected chi connectivity index (χ0v) is 11.4. The summed E-state index contributed by atoms with van der Waals surface area (Å²) < 4.78 is 0. The molecule has 0 saturated heterocycles. The number of hydrogen-bond donors (Lipinski definition) is 3. The highest BCUT2D eigenvalue weighted by Crippen LogP contribution is 1.99. The van der Waals surface area contributed by atoms with Crippen LogP contribution in [0, 0.1) is 0 Å². The average Bonchev–Trinajstić information content (AvgIpc) is 2.21. The number of rotatable bonds is 8. The van der Waals surface area contributed by atoms with Crippen LogP contribution in [0.15, 0.2) is 0 Å². The first-order chi connectivity index (χ1) is 8.23. The highest BCUT2D eigenvalue weighted by Gasteiger charge is 2.21. The molecule has 0 bridgehead atoms. The molecule has 18 heavy (non-hydrogen) atoms. The summed E-state index contributed by atoms with van der Waals surface area (Å²) in [5, 5.41) is 5.65. The van der Waals surface area contributed by atoms with Crippen LogP contribution in [0.4, 0.5) is 0 Å². The maximum atomic E-state index is 11.8. The van der Waals surface area contributed by atoms with Crippen molar-refractivity contribution in [2.45, 2.75) is 58.7 Å². The fraction of sp³-hybridized carbons (Fsp3) is 0.750. The molecule has 2 atom stereocenters. The Hall–Kier alpha value is -1.43.